The van der Waals surface area contributed by atoms with Crippen molar-refractivity contribution in [1.82, 2.24) is 4.98 Å². The Kier molecular flexibility index (Phi) is 7.23. The number of aliphatic imine (C=N–C) groups is 1. The first-order valence-electron chi connectivity index (χ1n) is 11.3. The highest BCUT2D eigenvalue weighted by Gasteiger charge is 2.21. The number of nitro groups is 2. The first-order valence-corrected chi connectivity index (χ1v) is 12.1. The number of carbonyl (C=O) groups excluding carboxylic acids is 1. The fourth-order valence-electron chi connectivity index (χ4n) is 3.67. The van der Waals surface area contributed by atoms with Crippen LogP contribution in [0.4, 0.5) is 17.1 Å². The molecule has 0 aliphatic carbocycles. The van der Waals surface area contributed by atoms with E-state index in [2.05, 4.69) is 9.98 Å². The Bertz CT molecular complexity index is 1820. The lowest BCUT2D eigenvalue weighted by atomic mass is 10.1. The quantitative estimate of drug-likeness (QED) is 0.0631. The van der Waals surface area contributed by atoms with Gasteiger partial charge in [0.25, 0.3) is 11.4 Å². The number of hydrogen-bond donors (Lipinski definition) is 0. The molecule has 0 aliphatic heterocycles. The lowest BCUT2D eigenvalue weighted by Gasteiger charge is -2.05. The fraction of sp³-hybridized carbons (Fsp3) is 0. The van der Waals surface area contributed by atoms with Crippen LogP contribution in [-0.4, -0.2) is 27.0 Å². The molecule has 5 aromatic rings. The minimum absolute atomic E-state index is 0.111. The van der Waals surface area contributed by atoms with Crippen molar-refractivity contribution in [2.45, 2.75) is 0 Å². The van der Waals surface area contributed by atoms with Crippen LogP contribution in [0.2, 0.25) is 10.0 Å². The third-order valence-electron chi connectivity index (χ3n) is 5.52. The number of benzene rings is 4. The third kappa shape index (κ3) is 5.80. The molecule has 0 bridgehead atoms. The highest BCUT2D eigenvalue weighted by atomic mass is 35.5. The molecule has 1 heterocycles. The van der Waals surface area contributed by atoms with Crippen molar-refractivity contribution in [2.75, 3.05) is 0 Å². The summed E-state index contributed by atoms with van der Waals surface area (Å²) in [5.74, 6) is -0.546. The minimum Gasteiger partial charge on any atom is -0.436 e. The van der Waals surface area contributed by atoms with Crippen LogP contribution in [0.15, 0.2) is 88.3 Å². The van der Waals surface area contributed by atoms with E-state index in [1.165, 1.54) is 18.3 Å². The van der Waals surface area contributed by atoms with E-state index in [1.807, 2.05) is 0 Å². The van der Waals surface area contributed by atoms with Crippen LogP contribution < -0.4 is 4.74 Å². The van der Waals surface area contributed by atoms with Gasteiger partial charge in [0.15, 0.2) is 5.58 Å². The van der Waals surface area contributed by atoms with Gasteiger partial charge < -0.3 is 9.15 Å². The molecule has 13 heteroatoms. The molecular weight excluding hydrogens is 563 g/mol. The summed E-state index contributed by atoms with van der Waals surface area (Å²) >= 11 is 12.2. The van der Waals surface area contributed by atoms with Crippen LogP contribution in [-0.2, 0) is 0 Å². The maximum absolute atomic E-state index is 12.6. The van der Waals surface area contributed by atoms with Crippen LogP contribution in [0.25, 0.3) is 22.6 Å². The zero-order chi connectivity index (χ0) is 28.4. The van der Waals surface area contributed by atoms with E-state index < -0.39 is 27.2 Å². The van der Waals surface area contributed by atoms with Crippen molar-refractivity contribution < 1.29 is 23.8 Å². The first-order chi connectivity index (χ1) is 19.2. The number of non-ortho nitro benzene ring substituents is 2. The Balaban J connectivity index is 1.34. The van der Waals surface area contributed by atoms with E-state index in [0.29, 0.717) is 43.9 Å². The molecule has 0 N–H and O–H groups in total. The van der Waals surface area contributed by atoms with E-state index in [9.17, 15) is 25.0 Å². The molecule has 0 atom stereocenters. The third-order valence-corrected chi connectivity index (χ3v) is 6.07. The Labute approximate surface area is 234 Å². The van der Waals surface area contributed by atoms with Crippen molar-refractivity contribution in [2.24, 2.45) is 4.99 Å². The van der Waals surface area contributed by atoms with Gasteiger partial charge in [-0.1, -0.05) is 35.3 Å². The summed E-state index contributed by atoms with van der Waals surface area (Å²) in [4.78, 5) is 42.1. The summed E-state index contributed by atoms with van der Waals surface area (Å²) in [7, 11) is 0. The largest absolute Gasteiger partial charge is 0.436 e. The van der Waals surface area contributed by atoms with Gasteiger partial charge in [0.2, 0.25) is 5.89 Å². The van der Waals surface area contributed by atoms with Gasteiger partial charge in [-0.15, -0.1) is 0 Å². The standard InChI is InChI=1S/C27H14Cl2N4O7/c28-17-4-6-22(23(29)11-17)26-31-24-12-18(5-7-25(24)40-26)30-14-15-2-1-3-21(8-15)39-27(34)16-9-19(32(35)36)13-20(10-16)33(37)38/h1-14H. The summed E-state index contributed by atoms with van der Waals surface area (Å²) in [6, 6.07) is 19.1. The number of rotatable bonds is 7. The zero-order valence-corrected chi connectivity index (χ0v) is 21.5. The highest BCUT2D eigenvalue weighted by molar-refractivity contribution is 6.36. The Morgan fingerprint density at radius 3 is 2.38 bits per heavy atom. The monoisotopic (exact) mass is 576 g/mol. The number of halogens is 2. The molecule has 0 aliphatic rings. The smallest absolute Gasteiger partial charge is 0.344 e. The van der Waals surface area contributed by atoms with Gasteiger partial charge in [-0.2, -0.15) is 0 Å². The summed E-state index contributed by atoms with van der Waals surface area (Å²) in [6.07, 6.45) is 1.54. The van der Waals surface area contributed by atoms with E-state index >= 15 is 0 Å². The molecule has 0 saturated heterocycles. The van der Waals surface area contributed by atoms with Crippen LogP contribution in [0.1, 0.15) is 15.9 Å². The average molecular weight is 577 g/mol. The molecule has 0 saturated carbocycles. The van der Waals surface area contributed by atoms with E-state index in [0.717, 1.165) is 18.2 Å². The molecule has 0 unspecified atom stereocenters. The number of fused-ring (bicyclic) bond motifs is 1. The number of oxazole rings is 1. The number of aromatic nitrogens is 1. The maximum Gasteiger partial charge on any atom is 0.344 e. The highest BCUT2D eigenvalue weighted by Crippen LogP contribution is 2.33. The number of ether oxygens (including phenoxy) is 1. The Hall–Kier alpha value is -5.13. The van der Waals surface area contributed by atoms with Crippen molar-refractivity contribution in [3.05, 3.63) is 120 Å². The van der Waals surface area contributed by atoms with Crippen molar-refractivity contribution in [3.63, 3.8) is 0 Å². The second kappa shape index (κ2) is 10.9. The van der Waals surface area contributed by atoms with E-state index in [-0.39, 0.29) is 11.3 Å². The number of carbonyl (C=O) groups is 1. The molecule has 0 amide bonds. The van der Waals surface area contributed by atoms with Gasteiger partial charge in [-0.25, -0.2) is 9.78 Å². The molecule has 40 heavy (non-hydrogen) atoms. The normalized spacial score (nSPS) is 11.2. The number of nitro benzene ring substituents is 2. The summed E-state index contributed by atoms with van der Waals surface area (Å²) in [6.45, 7) is 0. The lowest BCUT2D eigenvalue weighted by molar-refractivity contribution is -0.394. The maximum atomic E-state index is 12.6. The van der Waals surface area contributed by atoms with Crippen molar-refractivity contribution >= 4 is 63.5 Å². The van der Waals surface area contributed by atoms with Crippen LogP contribution in [0, 0.1) is 20.2 Å². The van der Waals surface area contributed by atoms with E-state index in [1.54, 1.807) is 48.5 Å². The SMILES string of the molecule is O=C(Oc1cccc(C=Nc2ccc3oc(-c4ccc(Cl)cc4Cl)nc3c2)c1)c1cc([N+](=O)[O-])cc([N+](=O)[O-])c1. The van der Waals surface area contributed by atoms with Crippen LogP contribution in [0.5, 0.6) is 5.75 Å². The Morgan fingerprint density at radius 1 is 0.925 bits per heavy atom. The second-order valence-electron chi connectivity index (χ2n) is 8.27. The molecular formula is C27H14Cl2N4O7. The topological polar surface area (TPSA) is 151 Å². The number of hydrogen-bond acceptors (Lipinski definition) is 9. The molecule has 4 aromatic carbocycles. The van der Waals surface area contributed by atoms with Gasteiger partial charge in [-0.3, -0.25) is 25.2 Å². The van der Waals surface area contributed by atoms with Gasteiger partial charge in [0.1, 0.15) is 11.3 Å². The zero-order valence-electron chi connectivity index (χ0n) is 20.0. The van der Waals surface area contributed by atoms with Gasteiger partial charge in [0, 0.05) is 23.4 Å². The fourth-order valence-corrected chi connectivity index (χ4v) is 4.16. The summed E-state index contributed by atoms with van der Waals surface area (Å²) < 4.78 is 11.1. The second-order valence-corrected chi connectivity index (χ2v) is 9.11. The Morgan fingerprint density at radius 2 is 1.68 bits per heavy atom. The molecule has 11 nitrogen and oxygen atoms in total. The number of esters is 1. The van der Waals surface area contributed by atoms with Gasteiger partial charge in [-0.05, 0) is 54.1 Å². The molecule has 1 aromatic heterocycles. The lowest BCUT2D eigenvalue weighted by Crippen LogP contribution is -2.10. The first kappa shape index (κ1) is 26.5. The van der Waals surface area contributed by atoms with Crippen molar-refractivity contribution in [3.8, 4) is 17.2 Å². The average Bonchev–Trinajstić information content (AvgIpc) is 3.35. The van der Waals surface area contributed by atoms with Crippen LogP contribution >= 0.6 is 23.2 Å². The predicted octanol–water partition coefficient (Wildman–Crippen LogP) is 7.59. The van der Waals surface area contributed by atoms with E-state index in [4.69, 9.17) is 32.4 Å². The van der Waals surface area contributed by atoms with Crippen molar-refractivity contribution in [1.29, 1.82) is 0 Å². The van der Waals surface area contributed by atoms with Gasteiger partial charge >= 0.3 is 5.97 Å². The molecule has 0 radical (unpaired) electrons. The molecule has 5 rings (SSSR count). The molecule has 0 spiro atoms. The minimum atomic E-state index is -0.992. The van der Waals surface area contributed by atoms with Crippen LogP contribution in [0.3, 0.4) is 0 Å². The summed E-state index contributed by atoms with van der Waals surface area (Å²) in [5, 5.41) is 23.1. The summed E-state index contributed by atoms with van der Waals surface area (Å²) in [5.41, 5.74) is 1.30. The number of nitrogens with zero attached hydrogens (tertiary/aromatic N) is 4. The predicted molar refractivity (Wildman–Crippen MR) is 148 cm³/mol. The molecule has 0 fully saturated rings. The van der Waals surface area contributed by atoms with Gasteiger partial charge in [0.05, 0.1) is 37.7 Å². The molecule has 198 valence electrons.